The van der Waals surface area contributed by atoms with Crippen molar-refractivity contribution < 1.29 is 4.79 Å². The van der Waals surface area contributed by atoms with Crippen molar-refractivity contribution in [3.63, 3.8) is 0 Å². The molecule has 0 saturated heterocycles. The van der Waals surface area contributed by atoms with E-state index in [1.165, 1.54) is 15.3 Å². The second-order valence-electron chi connectivity index (χ2n) is 6.82. The highest BCUT2D eigenvalue weighted by Crippen LogP contribution is 2.18. The maximum atomic E-state index is 13.2. The van der Waals surface area contributed by atoms with Gasteiger partial charge in [0, 0.05) is 23.3 Å². The molecule has 2 heterocycles. The summed E-state index contributed by atoms with van der Waals surface area (Å²) in [6.07, 6.45) is 0. The molecular weight excluding hydrogens is 392 g/mol. The Bertz CT molecular complexity index is 1410. The van der Waals surface area contributed by atoms with Crippen molar-refractivity contribution in [2.45, 2.75) is 13.8 Å². The zero-order valence-corrected chi connectivity index (χ0v) is 16.7. The van der Waals surface area contributed by atoms with Crippen molar-refractivity contribution in [1.29, 1.82) is 0 Å². The number of carbonyl (C=O) groups excluding carboxylic acids is 1. The summed E-state index contributed by atoms with van der Waals surface area (Å²) in [5, 5.41) is 3.59. The van der Waals surface area contributed by atoms with Crippen LogP contribution in [0.2, 0.25) is 5.02 Å². The van der Waals surface area contributed by atoms with E-state index in [4.69, 9.17) is 11.6 Å². The van der Waals surface area contributed by atoms with Crippen molar-refractivity contribution in [2.75, 3.05) is 0 Å². The highest BCUT2D eigenvalue weighted by atomic mass is 35.5. The molecule has 29 heavy (non-hydrogen) atoms. The van der Waals surface area contributed by atoms with Crippen molar-refractivity contribution >= 4 is 28.3 Å². The van der Waals surface area contributed by atoms with Crippen LogP contribution in [-0.4, -0.2) is 25.1 Å². The zero-order chi connectivity index (χ0) is 20.9. The lowest BCUT2D eigenvalue weighted by Gasteiger charge is -2.11. The molecule has 0 unspecified atom stereocenters. The Kier molecular flexibility index (Phi) is 4.47. The summed E-state index contributed by atoms with van der Waals surface area (Å²) in [5.74, 6) is 0.0553. The Balaban J connectivity index is 1.93. The molecule has 2 aromatic carbocycles. The number of halogens is 1. The molecule has 7 nitrogen and oxygen atoms in total. The molecule has 2 aromatic heterocycles. The summed E-state index contributed by atoms with van der Waals surface area (Å²) >= 11 is 6.07. The Hall–Kier alpha value is -3.45. The van der Waals surface area contributed by atoms with E-state index in [1.807, 2.05) is 0 Å². The number of fused-ring (bicyclic) bond motifs is 1. The van der Waals surface area contributed by atoms with Crippen LogP contribution in [0.3, 0.4) is 0 Å². The standard InChI is InChI=1S/C21H17ClN4O3/c1-11-18(21(29)25(3)24-11)19(27)13-7-8-17-16(9-13)20(28)26(12(2)23-17)15-6-4-5-14(22)10-15/h4-10,24H,1-3H3. The van der Waals surface area contributed by atoms with Crippen LogP contribution in [0.25, 0.3) is 16.6 Å². The maximum absolute atomic E-state index is 13.2. The van der Waals surface area contributed by atoms with E-state index in [-0.39, 0.29) is 22.1 Å². The Morgan fingerprint density at radius 2 is 1.83 bits per heavy atom. The molecule has 0 aliphatic heterocycles. The molecule has 0 spiro atoms. The van der Waals surface area contributed by atoms with Crippen LogP contribution in [0.1, 0.15) is 27.4 Å². The monoisotopic (exact) mass is 408 g/mol. The first-order chi connectivity index (χ1) is 13.8. The number of aryl methyl sites for hydroxylation is 3. The van der Waals surface area contributed by atoms with Crippen molar-refractivity contribution in [3.8, 4) is 5.69 Å². The predicted octanol–water partition coefficient (Wildman–Crippen LogP) is 2.91. The first-order valence-corrected chi connectivity index (χ1v) is 9.25. The molecule has 0 aliphatic rings. The fraction of sp³-hybridized carbons (Fsp3) is 0.143. The molecule has 0 amide bonds. The van der Waals surface area contributed by atoms with Gasteiger partial charge in [0.2, 0.25) is 0 Å². The average Bonchev–Trinajstić information content (AvgIpc) is 2.93. The van der Waals surface area contributed by atoms with Crippen LogP contribution >= 0.6 is 11.6 Å². The lowest BCUT2D eigenvalue weighted by atomic mass is 10.0. The molecule has 0 saturated carbocycles. The van der Waals surface area contributed by atoms with E-state index in [0.717, 1.165) is 0 Å². The van der Waals surface area contributed by atoms with Gasteiger partial charge in [-0.1, -0.05) is 17.7 Å². The Morgan fingerprint density at radius 1 is 1.07 bits per heavy atom. The van der Waals surface area contributed by atoms with Gasteiger partial charge in [0.05, 0.1) is 16.6 Å². The zero-order valence-electron chi connectivity index (χ0n) is 16.0. The highest BCUT2D eigenvalue weighted by Gasteiger charge is 2.20. The lowest BCUT2D eigenvalue weighted by Crippen LogP contribution is -2.23. The third kappa shape index (κ3) is 3.09. The number of carbonyl (C=O) groups is 1. The number of H-pyrrole nitrogens is 1. The first-order valence-electron chi connectivity index (χ1n) is 8.87. The molecular formula is C21H17ClN4O3. The second kappa shape index (κ2) is 6.86. The van der Waals surface area contributed by atoms with Gasteiger partial charge in [-0.3, -0.25) is 28.7 Å². The van der Waals surface area contributed by atoms with Gasteiger partial charge in [-0.05, 0) is 50.2 Å². The molecule has 0 aliphatic carbocycles. The largest absolute Gasteiger partial charge is 0.299 e. The SMILES string of the molecule is Cc1[nH]n(C)c(=O)c1C(=O)c1ccc2nc(C)n(-c3cccc(Cl)c3)c(=O)c2c1. The summed E-state index contributed by atoms with van der Waals surface area (Å²) in [6, 6.07) is 11.6. The van der Waals surface area contributed by atoms with Gasteiger partial charge in [0.1, 0.15) is 11.4 Å². The quantitative estimate of drug-likeness (QED) is 0.528. The number of hydrogen-bond acceptors (Lipinski definition) is 4. The van der Waals surface area contributed by atoms with E-state index in [9.17, 15) is 14.4 Å². The minimum Gasteiger partial charge on any atom is -0.299 e. The van der Waals surface area contributed by atoms with E-state index in [2.05, 4.69) is 10.1 Å². The molecule has 0 atom stereocenters. The van der Waals surface area contributed by atoms with Gasteiger partial charge in [-0.15, -0.1) is 0 Å². The van der Waals surface area contributed by atoms with Crippen LogP contribution in [0.15, 0.2) is 52.1 Å². The molecule has 8 heteroatoms. The van der Waals surface area contributed by atoms with Gasteiger partial charge < -0.3 is 0 Å². The van der Waals surface area contributed by atoms with E-state index in [0.29, 0.717) is 27.7 Å². The van der Waals surface area contributed by atoms with Gasteiger partial charge in [-0.2, -0.15) is 0 Å². The fourth-order valence-corrected chi connectivity index (χ4v) is 3.64. The average molecular weight is 409 g/mol. The summed E-state index contributed by atoms with van der Waals surface area (Å²) in [4.78, 5) is 42.9. The lowest BCUT2D eigenvalue weighted by molar-refractivity contribution is 0.103. The predicted molar refractivity (Wildman–Crippen MR) is 111 cm³/mol. The molecule has 1 N–H and O–H groups in total. The molecule has 0 radical (unpaired) electrons. The number of nitrogens with zero attached hydrogens (tertiary/aromatic N) is 3. The number of ketones is 1. The fourth-order valence-electron chi connectivity index (χ4n) is 3.46. The molecule has 4 rings (SSSR count). The number of rotatable bonds is 3. The number of benzene rings is 2. The molecule has 146 valence electrons. The Labute approximate surface area is 170 Å². The van der Waals surface area contributed by atoms with Gasteiger partial charge in [0.25, 0.3) is 11.1 Å². The maximum Gasteiger partial charge on any atom is 0.277 e. The van der Waals surface area contributed by atoms with Crippen LogP contribution in [-0.2, 0) is 7.05 Å². The van der Waals surface area contributed by atoms with Crippen LogP contribution in [0.5, 0.6) is 0 Å². The smallest absolute Gasteiger partial charge is 0.277 e. The van der Waals surface area contributed by atoms with Gasteiger partial charge in [-0.25, -0.2) is 4.98 Å². The topological polar surface area (TPSA) is 89.8 Å². The van der Waals surface area contributed by atoms with Gasteiger partial charge >= 0.3 is 0 Å². The minimum absolute atomic E-state index is 0.0575. The third-order valence-electron chi connectivity index (χ3n) is 4.82. The van der Waals surface area contributed by atoms with Crippen molar-refractivity contribution in [2.24, 2.45) is 7.05 Å². The molecule has 4 aromatic rings. The van der Waals surface area contributed by atoms with E-state index < -0.39 is 11.3 Å². The van der Waals surface area contributed by atoms with Crippen LogP contribution in [0.4, 0.5) is 0 Å². The normalized spacial score (nSPS) is 11.2. The third-order valence-corrected chi connectivity index (χ3v) is 5.06. The molecule has 0 bridgehead atoms. The summed E-state index contributed by atoms with van der Waals surface area (Å²) in [5.41, 5.74) is 1.11. The van der Waals surface area contributed by atoms with E-state index >= 15 is 0 Å². The van der Waals surface area contributed by atoms with Gasteiger partial charge in [0.15, 0.2) is 5.78 Å². The highest BCUT2D eigenvalue weighted by molar-refractivity contribution is 6.30. The van der Waals surface area contributed by atoms with Crippen molar-refractivity contribution in [1.82, 2.24) is 19.3 Å². The van der Waals surface area contributed by atoms with Crippen LogP contribution in [0, 0.1) is 13.8 Å². The summed E-state index contributed by atoms with van der Waals surface area (Å²) < 4.78 is 2.70. The minimum atomic E-state index is -0.444. The molecule has 0 fully saturated rings. The van der Waals surface area contributed by atoms with Crippen molar-refractivity contribution in [3.05, 3.63) is 90.8 Å². The second-order valence-corrected chi connectivity index (χ2v) is 7.25. The van der Waals surface area contributed by atoms with Crippen LogP contribution < -0.4 is 11.1 Å². The number of hydrogen-bond donors (Lipinski definition) is 1. The number of nitrogens with one attached hydrogen (secondary N) is 1. The Morgan fingerprint density at radius 3 is 2.48 bits per heavy atom. The summed E-state index contributed by atoms with van der Waals surface area (Å²) in [6.45, 7) is 3.39. The number of aromatic nitrogens is 4. The first kappa shape index (κ1) is 18.9. The summed E-state index contributed by atoms with van der Waals surface area (Å²) in [7, 11) is 1.54. The number of aromatic amines is 1. The van der Waals surface area contributed by atoms with E-state index in [1.54, 1.807) is 57.3 Å².